The molecule has 3 rings (SSSR count). The lowest BCUT2D eigenvalue weighted by Crippen LogP contribution is -2.52. The molecule has 3 heterocycles. The normalized spacial score (nSPS) is 27.5. The number of carboxylic acids is 1. The summed E-state index contributed by atoms with van der Waals surface area (Å²) in [4.78, 5) is 25.9. The van der Waals surface area contributed by atoms with Crippen LogP contribution >= 0.6 is 0 Å². The third kappa shape index (κ3) is 7.02. The molecule has 3 saturated heterocycles. The fraction of sp³-hybridized carbons (Fsp3) is 0.889. The van der Waals surface area contributed by atoms with Gasteiger partial charge in [-0.05, 0) is 19.9 Å². The molecule has 0 aromatic rings. The van der Waals surface area contributed by atoms with E-state index in [2.05, 4.69) is 11.9 Å². The number of aliphatic carboxylic acids is 1. The van der Waals surface area contributed by atoms with Crippen molar-refractivity contribution in [3.63, 3.8) is 0 Å². The third-order valence-corrected chi connectivity index (χ3v) is 7.54. The molecule has 3 fully saturated rings. The van der Waals surface area contributed by atoms with Crippen molar-refractivity contribution in [1.82, 2.24) is 14.1 Å². The van der Waals surface area contributed by atoms with E-state index in [9.17, 15) is 26.4 Å². The van der Waals surface area contributed by atoms with Gasteiger partial charge in [-0.3, -0.25) is 4.79 Å². The molecule has 2 bridgehead atoms. The summed E-state index contributed by atoms with van der Waals surface area (Å²) < 4.78 is 64.1. The number of hydrogen-bond acceptors (Lipinski definition) is 6. The van der Waals surface area contributed by atoms with Gasteiger partial charge in [0.25, 0.3) is 0 Å². The van der Waals surface area contributed by atoms with Crippen LogP contribution < -0.4 is 0 Å². The zero-order chi connectivity index (χ0) is 23.4. The number of rotatable bonds is 5. The van der Waals surface area contributed by atoms with Crippen molar-refractivity contribution in [3.8, 4) is 0 Å². The molecular weight excluding hydrogens is 443 g/mol. The number of carbonyl (C=O) groups excluding carboxylic acids is 1. The Morgan fingerprint density at radius 2 is 1.71 bits per heavy atom. The van der Waals surface area contributed by atoms with E-state index in [4.69, 9.17) is 14.6 Å². The molecule has 1 N–H and O–H groups in total. The lowest BCUT2D eigenvalue weighted by molar-refractivity contribution is -0.192. The van der Waals surface area contributed by atoms with Gasteiger partial charge < -0.3 is 19.6 Å². The number of hydrogen-bond donors (Lipinski definition) is 1. The molecule has 0 aromatic carbocycles. The van der Waals surface area contributed by atoms with Crippen LogP contribution in [-0.4, -0.2) is 110 Å². The summed E-state index contributed by atoms with van der Waals surface area (Å²) in [6, 6.07) is 0. The third-order valence-electron chi connectivity index (χ3n) is 5.65. The van der Waals surface area contributed by atoms with Gasteiger partial charge in [0.1, 0.15) is 0 Å². The molecular formula is C18H30F3N3O6S. The van der Waals surface area contributed by atoms with Gasteiger partial charge in [-0.15, -0.1) is 0 Å². The predicted octanol–water partition coefficient (Wildman–Crippen LogP) is 0.613. The highest BCUT2D eigenvalue weighted by molar-refractivity contribution is 7.89. The average molecular weight is 474 g/mol. The van der Waals surface area contributed by atoms with Crippen LogP contribution in [0.3, 0.4) is 0 Å². The summed E-state index contributed by atoms with van der Waals surface area (Å²) in [5, 5.41) is 7.12. The Hall–Kier alpha value is -1.44. The minimum atomic E-state index is -5.08. The van der Waals surface area contributed by atoms with E-state index >= 15 is 0 Å². The standard InChI is InChI=1S/C16H29N3O4S.C2HF3O2/c1-3-4-9-24(21,22)19-11-13-10-14(15(12-19)23-13)16(20)18-7-5-17(2)6-8-18;3-2(4,5)1(6)7/h13-15H,3-12H2,1-2H3;(H,6,7)/t13-,14+,15-;/m1./s1. The number of carbonyl (C=O) groups is 2. The Morgan fingerprint density at radius 3 is 2.23 bits per heavy atom. The summed E-state index contributed by atoms with van der Waals surface area (Å²) >= 11 is 0. The van der Waals surface area contributed by atoms with E-state index in [0.29, 0.717) is 25.9 Å². The lowest BCUT2D eigenvalue weighted by atomic mass is 9.98. The van der Waals surface area contributed by atoms with E-state index in [0.717, 1.165) is 32.6 Å². The Bertz CT molecular complexity index is 740. The minimum Gasteiger partial charge on any atom is -0.475 e. The number of halogens is 3. The number of alkyl halides is 3. The van der Waals surface area contributed by atoms with Crippen molar-refractivity contribution in [3.05, 3.63) is 0 Å². The van der Waals surface area contributed by atoms with Crippen LogP contribution in [0.15, 0.2) is 0 Å². The van der Waals surface area contributed by atoms with Crippen LogP contribution in [0, 0.1) is 5.92 Å². The summed E-state index contributed by atoms with van der Waals surface area (Å²) in [5.41, 5.74) is 0. The Balaban J connectivity index is 0.000000423. The number of carboxylic acid groups (broad SMARTS) is 1. The summed E-state index contributed by atoms with van der Waals surface area (Å²) in [7, 11) is -1.17. The van der Waals surface area contributed by atoms with Gasteiger partial charge in [0.2, 0.25) is 15.9 Å². The first-order valence-electron chi connectivity index (χ1n) is 10.3. The van der Waals surface area contributed by atoms with Crippen LogP contribution in [0.1, 0.15) is 26.2 Å². The van der Waals surface area contributed by atoms with E-state index in [1.165, 1.54) is 0 Å². The second-order valence-corrected chi connectivity index (χ2v) is 10.1. The van der Waals surface area contributed by atoms with Gasteiger partial charge in [0.15, 0.2) is 0 Å². The van der Waals surface area contributed by atoms with E-state index in [1.807, 2.05) is 11.8 Å². The topological polar surface area (TPSA) is 107 Å². The SMILES string of the molecule is CCCCS(=O)(=O)N1C[C@H]2C[C@H](C(=O)N3CCN(C)CC3)[C@@H](C1)O2.O=C(O)C(F)(F)F. The van der Waals surface area contributed by atoms with Crippen molar-refractivity contribution < 1.29 is 41.0 Å². The fourth-order valence-corrected chi connectivity index (χ4v) is 5.51. The zero-order valence-electron chi connectivity index (χ0n) is 17.7. The second kappa shape index (κ2) is 10.5. The highest BCUT2D eigenvalue weighted by atomic mass is 32.2. The lowest BCUT2D eigenvalue weighted by Gasteiger charge is -2.35. The first-order chi connectivity index (χ1) is 14.3. The summed E-state index contributed by atoms with van der Waals surface area (Å²) in [5.74, 6) is -2.61. The maximum atomic E-state index is 12.8. The molecule has 3 aliphatic heterocycles. The van der Waals surface area contributed by atoms with Gasteiger partial charge in [-0.2, -0.15) is 17.5 Å². The fourth-order valence-electron chi connectivity index (χ4n) is 3.83. The largest absolute Gasteiger partial charge is 0.490 e. The Labute approximate surface area is 180 Å². The smallest absolute Gasteiger partial charge is 0.475 e. The molecule has 1 amide bonds. The van der Waals surface area contributed by atoms with Gasteiger partial charge >= 0.3 is 12.1 Å². The van der Waals surface area contributed by atoms with Crippen LogP contribution in [-0.2, 0) is 24.3 Å². The first kappa shape index (κ1) is 25.8. The van der Waals surface area contributed by atoms with Crippen LogP contribution in [0.4, 0.5) is 13.2 Å². The Kier molecular flexibility index (Phi) is 8.70. The number of unbranched alkanes of at least 4 members (excludes halogenated alkanes) is 1. The number of piperazine rings is 1. The molecule has 0 unspecified atom stereocenters. The van der Waals surface area contributed by atoms with E-state index in [1.54, 1.807) is 4.31 Å². The molecule has 180 valence electrons. The quantitative estimate of drug-likeness (QED) is 0.624. The van der Waals surface area contributed by atoms with E-state index < -0.39 is 22.2 Å². The molecule has 0 radical (unpaired) electrons. The molecule has 0 aliphatic carbocycles. The maximum Gasteiger partial charge on any atom is 0.490 e. The highest BCUT2D eigenvalue weighted by Crippen LogP contribution is 2.34. The number of sulfonamides is 1. The van der Waals surface area contributed by atoms with Crippen LogP contribution in [0.25, 0.3) is 0 Å². The number of fused-ring (bicyclic) bond motifs is 2. The number of nitrogens with zero attached hydrogens (tertiary/aromatic N) is 3. The molecule has 0 saturated carbocycles. The van der Waals surface area contributed by atoms with Crippen molar-refractivity contribution >= 4 is 21.9 Å². The summed E-state index contributed by atoms with van der Waals surface area (Å²) in [6.45, 7) is 6.00. The van der Waals surface area contributed by atoms with Crippen molar-refractivity contribution in [2.24, 2.45) is 5.92 Å². The van der Waals surface area contributed by atoms with Crippen LogP contribution in [0.5, 0.6) is 0 Å². The van der Waals surface area contributed by atoms with Crippen LogP contribution in [0.2, 0.25) is 0 Å². The number of morpholine rings is 1. The Morgan fingerprint density at radius 1 is 1.13 bits per heavy atom. The molecule has 3 atom stereocenters. The van der Waals surface area contributed by atoms with Crippen molar-refractivity contribution in [2.45, 2.75) is 44.6 Å². The predicted molar refractivity (Wildman–Crippen MR) is 105 cm³/mol. The van der Waals surface area contributed by atoms with Gasteiger partial charge in [0, 0.05) is 39.3 Å². The van der Waals surface area contributed by atoms with E-state index in [-0.39, 0.29) is 29.8 Å². The molecule has 13 heteroatoms. The summed E-state index contributed by atoms with van der Waals surface area (Å²) in [6.07, 6.45) is -3.32. The molecule has 31 heavy (non-hydrogen) atoms. The number of ether oxygens (including phenoxy) is 1. The monoisotopic (exact) mass is 473 g/mol. The molecule has 0 aromatic heterocycles. The highest BCUT2D eigenvalue weighted by Gasteiger charge is 2.48. The molecule has 0 spiro atoms. The van der Waals surface area contributed by atoms with Gasteiger partial charge in [-0.1, -0.05) is 13.3 Å². The van der Waals surface area contributed by atoms with Gasteiger partial charge in [-0.25, -0.2) is 13.2 Å². The second-order valence-electron chi connectivity index (χ2n) is 8.06. The molecule has 9 nitrogen and oxygen atoms in total. The number of amides is 1. The average Bonchev–Trinajstić information content (AvgIpc) is 2.99. The zero-order valence-corrected chi connectivity index (χ0v) is 18.5. The van der Waals surface area contributed by atoms with Gasteiger partial charge in [0.05, 0.1) is 23.9 Å². The minimum absolute atomic E-state index is 0.137. The van der Waals surface area contributed by atoms with Crippen molar-refractivity contribution in [2.75, 3.05) is 52.1 Å². The maximum absolute atomic E-state index is 12.8. The first-order valence-corrected chi connectivity index (χ1v) is 11.9. The molecule has 3 aliphatic rings. The van der Waals surface area contributed by atoms with Crippen molar-refractivity contribution in [1.29, 1.82) is 0 Å². The number of likely N-dealkylation sites (N-methyl/N-ethyl adjacent to an activating group) is 1.